The summed E-state index contributed by atoms with van der Waals surface area (Å²) in [6, 6.07) is 0. The van der Waals surface area contributed by atoms with E-state index in [9.17, 15) is 13.2 Å². The lowest BCUT2D eigenvalue weighted by molar-refractivity contribution is -0.172. The maximum Gasteiger partial charge on any atom is 0.411 e. The van der Waals surface area contributed by atoms with E-state index in [0.29, 0.717) is 5.82 Å². The van der Waals surface area contributed by atoms with Gasteiger partial charge in [0.15, 0.2) is 0 Å². The summed E-state index contributed by atoms with van der Waals surface area (Å²) in [5, 5.41) is 2.85. The molecule has 0 atom stereocenters. The van der Waals surface area contributed by atoms with Crippen LogP contribution in [-0.2, 0) is 4.74 Å². The monoisotopic (exact) mass is 347 g/mol. The van der Waals surface area contributed by atoms with Crippen molar-refractivity contribution in [3.8, 4) is 0 Å². The molecule has 0 aromatic carbocycles. The highest BCUT2D eigenvalue weighted by Crippen LogP contribution is 2.14. The summed E-state index contributed by atoms with van der Waals surface area (Å²) in [5.41, 5.74) is 0. The van der Waals surface area contributed by atoms with Crippen molar-refractivity contribution in [2.75, 3.05) is 25.1 Å². The third kappa shape index (κ3) is 5.45. The molecule has 4 nitrogen and oxygen atoms in total. The van der Waals surface area contributed by atoms with Gasteiger partial charge in [0.2, 0.25) is 0 Å². The van der Waals surface area contributed by atoms with Gasteiger partial charge >= 0.3 is 6.18 Å². The number of nitrogens with one attached hydrogen (secondary N) is 1. The maximum absolute atomic E-state index is 11.7. The maximum atomic E-state index is 11.7. The van der Waals surface area contributed by atoms with Crippen molar-refractivity contribution in [1.29, 1.82) is 0 Å². The Bertz CT molecular complexity index is 335. The van der Waals surface area contributed by atoms with Crippen molar-refractivity contribution < 1.29 is 17.9 Å². The zero-order chi connectivity index (χ0) is 12.0. The van der Waals surface area contributed by atoms with Crippen LogP contribution in [0.15, 0.2) is 12.5 Å². The predicted octanol–water partition coefficient (Wildman–Crippen LogP) is 2.07. The van der Waals surface area contributed by atoms with E-state index in [1.807, 2.05) is 22.6 Å². The summed E-state index contributed by atoms with van der Waals surface area (Å²) >= 11 is 2.03. The standard InChI is InChI=1S/C8H9F3IN3O/c9-8(10,11)4-16-2-1-14-7-6(12)3-13-5-15-7/h3,5H,1-2,4H2,(H,13,14,15). The van der Waals surface area contributed by atoms with Crippen molar-refractivity contribution in [2.24, 2.45) is 0 Å². The average molecular weight is 347 g/mol. The van der Waals surface area contributed by atoms with Crippen LogP contribution >= 0.6 is 22.6 Å². The molecule has 0 unspecified atom stereocenters. The minimum Gasteiger partial charge on any atom is -0.370 e. The first-order valence-corrected chi connectivity index (χ1v) is 5.41. The fourth-order valence-electron chi connectivity index (χ4n) is 0.872. The second-order valence-electron chi connectivity index (χ2n) is 2.81. The Kier molecular flexibility index (Phi) is 5.19. The molecule has 90 valence electrons. The Hall–Kier alpha value is -0.640. The molecule has 16 heavy (non-hydrogen) atoms. The molecule has 1 heterocycles. The van der Waals surface area contributed by atoms with Crippen LogP contribution in [0.3, 0.4) is 0 Å². The zero-order valence-corrected chi connectivity index (χ0v) is 10.2. The van der Waals surface area contributed by atoms with E-state index in [-0.39, 0.29) is 13.2 Å². The van der Waals surface area contributed by atoms with Gasteiger partial charge in [-0.15, -0.1) is 0 Å². The van der Waals surface area contributed by atoms with Gasteiger partial charge in [-0.3, -0.25) is 0 Å². The fourth-order valence-corrected chi connectivity index (χ4v) is 1.36. The molecule has 0 bridgehead atoms. The highest BCUT2D eigenvalue weighted by molar-refractivity contribution is 14.1. The van der Waals surface area contributed by atoms with Gasteiger partial charge in [0.05, 0.1) is 10.2 Å². The van der Waals surface area contributed by atoms with Crippen LogP contribution in [0.4, 0.5) is 19.0 Å². The Balaban J connectivity index is 2.19. The number of ether oxygens (including phenoxy) is 1. The normalized spacial score (nSPS) is 11.5. The van der Waals surface area contributed by atoms with Crippen LogP contribution in [0.5, 0.6) is 0 Å². The molecule has 0 aliphatic rings. The van der Waals surface area contributed by atoms with Crippen LogP contribution in [0, 0.1) is 3.57 Å². The molecule has 8 heteroatoms. The van der Waals surface area contributed by atoms with E-state index in [1.54, 1.807) is 6.20 Å². The molecule has 0 aliphatic heterocycles. The van der Waals surface area contributed by atoms with Gasteiger partial charge in [-0.1, -0.05) is 0 Å². The number of hydrogen-bond donors (Lipinski definition) is 1. The van der Waals surface area contributed by atoms with Crippen molar-refractivity contribution in [3.05, 3.63) is 16.1 Å². The molecular weight excluding hydrogens is 338 g/mol. The molecule has 1 aromatic heterocycles. The van der Waals surface area contributed by atoms with Gasteiger partial charge in [0.25, 0.3) is 0 Å². The number of alkyl halides is 3. The Morgan fingerprint density at radius 3 is 2.81 bits per heavy atom. The summed E-state index contributed by atoms with van der Waals surface area (Å²) in [7, 11) is 0. The lowest BCUT2D eigenvalue weighted by atomic mass is 10.5. The first-order chi connectivity index (χ1) is 7.49. The largest absolute Gasteiger partial charge is 0.411 e. The molecule has 0 saturated carbocycles. The third-order valence-electron chi connectivity index (χ3n) is 1.47. The molecule has 0 fully saturated rings. The van der Waals surface area contributed by atoms with Gasteiger partial charge in [-0.2, -0.15) is 13.2 Å². The first kappa shape index (κ1) is 13.4. The van der Waals surface area contributed by atoms with Crippen LogP contribution < -0.4 is 5.32 Å². The molecule has 0 radical (unpaired) electrons. The smallest absolute Gasteiger partial charge is 0.370 e. The Morgan fingerprint density at radius 1 is 1.44 bits per heavy atom. The molecule has 0 aliphatic carbocycles. The van der Waals surface area contributed by atoms with E-state index in [1.165, 1.54) is 6.33 Å². The van der Waals surface area contributed by atoms with E-state index < -0.39 is 12.8 Å². The Labute approximate surface area is 104 Å². The van der Waals surface area contributed by atoms with Crippen LogP contribution in [0.2, 0.25) is 0 Å². The highest BCUT2D eigenvalue weighted by Gasteiger charge is 2.27. The lowest BCUT2D eigenvalue weighted by Crippen LogP contribution is -2.20. The van der Waals surface area contributed by atoms with Gasteiger partial charge in [-0.05, 0) is 22.6 Å². The topological polar surface area (TPSA) is 47.0 Å². The number of nitrogens with zero attached hydrogens (tertiary/aromatic N) is 2. The minimum absolute atomic E-state index is 0.0282. The fraction of sp³-hybridized carbons (Fsp3) is 0.500. The average Bonchev–Trinajstić information content (AvgIpc) is 2.18. The zero-order valence-electron chi connectivity index (χ0n) is 8.09. The van der Waals surface area contributed by atoms with Gasteiger partial charge in [0.1, 0.15) is 18.8 Å². The molecule has 1 rings (SSSR count). The Morgan fingerprint density at radius 2 is 2.19 bits per heavy atom. The van der Waals surface area contributed by atoms with Crippen molar-refractivity contribution >= 4 is 28.4 Å². The molecule has 0 amide bonds. The second kappa shape index (κ2) is 6.18. The molecule has 0 spiro atoms. The summed E-state index contributed by atoms with van der Waals surface area (Å²) in [6.45, 7) is -0.988. The van der Waals surface area contributed by atoms with Crippen LogP contribution in [0.25, 0.3) is 0 Å². The third-order valence-corrected chi connectivity index (χ3v) is 2.26. The number of rotatable bonds is 5. The van der Waals surface area contributed by atoms with Gasteiger partial charge in [0, 0.05) is 12.7 Å². The summed E-state index contributed by atoms with van der Waals surface area (Å²) in [6.07, 6.45) is -1.31. The van der Waals surface area contributed by atoms with Gasteiger partial charge < -0.3 is 10.1 Å². The van der Waals surface area contributed by atoms with E-state index in [4.69, 9.17) is 0 Å². The molecule has 1 N–H and O–H groups in total. The van der Waals surface area contributed by atoms with Crippen LogP contribution in [-0.4, -0.2) is 35.9 Å². The van der Waals surface area contributed by atoms with E-state index in [2.05, 4.69) is 20.0 Å². The quantitative estimate of drug-likeness (QED) is 0.655. The van der Waals surface area contributed by atoms with Crippen LogP contribution in [0.1, 0.15) is 0 Å². The highest BCUT2D eigenvalue weighted by atomic mass is 127. The van der Waals surface area contributed by atoms with Crippen molar-refractivity contribution in [3.63, 3.8) is 0 Å². The van der Waals surface area contributed by atoms with Crippen molar-refractivity contribution in [1.82, 2.24) is 9.97 Å². The number of anilines is 1. The van der Waals surface area contributed by atoms with Gasteiger partial charge in [-0.25, -0.2) is 9.97 Å². The number of aromatic nitrogens is 2. The van der Waals surface area contributed by atoms with E-state index in [0.717, 1.165) is 3.57 Å². The molecular formula is C8H9F3IN3O. The minimum atomic E-state index is -4.27. The number of hydrogen-bond acceptors (Lipinski definition) is 4. The molecule has 1 aromatic rings. The predicted molar refractivity (Wildman–Crippen MR) is 60.1 cm³/mol. The van der Waals surface area contributed by atoms with E-state index >= 15 is 0 Å². The number of halogens is 4. The summed E-state index contributed by atoms with van der Waals surface area (Å²) in [5.74, 6) is 0.589. The summed E-state index contributed by atoms with van der Waals surface area (Å²) in [4.78, 5) is 7.70. The first-order valence-electron chi connectivity index (χ1n) is 4.33. The van der Waals surface area contributed by atoms with Crippen molar-refractivity contribution in [2.45, 2.75) is 6.18 Å². The molecule has 0 saturated heterocycles. The SMILES string of the molecule is FC(F)(F)COCCNc1ncncc1I. The lowest BCUT2D eigenvalue weighted by Gasteiger charge is -2.09. The summed E-state index contributed by atoms with van der Waals surface area (Å²) < 4.78 is 40.3. The second-order valence-corrected chi connectivity index (χ2v) is 3.98.